The zero-order chi connectivity index (χ0) is 12.6. The number of carbonyl (C=O) groups excluding carboxylic acids is 1. The second kappa shape index (κ2) is 4.00. The molecule has 0 saturated carbocycles. The number of hydrogen-bond donors (Lipinski definition) is 2. The molecule has 0 amide bonds. The second-order valence-electron chi connectivity index (χ2n) is 4.04. The Bertz CT molecular complexity index is 560. The Morgan fingerprint density at radius 3 is 2.94 bits per heavy atom. The summed E-state index contributed by atoms with van der Waals surface area (Å²) < 4.78 is 0. The number of aromatic nitrogens is 2. The number of fused-ring (bicyclic) bond motifs is 1. The first-order chi connectivity index (χ1) is 7.97. The topological polar surface area (TPSA) is 104 Å². The summed E-state index contributed by atoms with van der Waals surface area (Å²) in [5, 5.41) is 0. The summed E-state index contributed by atoms with van der Waals surface area (Å²) in [5.74, 6) is 0.518. The summed E-state index contributed by atoms with van der Waals surface area (Å²) in [6, 6.07) is 0. The minimum absolute atomic E-state index is 0.0143. The fourth-order valence-electron chi connectivity index (χ4n) is 1.76. The average Bonchev–Trinajstić information content (AvgIpc) is 2.19. The third-order valence-corrected chi connectivity index (χ3v) is 2.40. The highest BCUT2D eigenvalue weighted by atomic mass is 16.1. The van der Waals surface area contributed by atoms with E-state index in [-0.39, 0.29) is 29.4 Å². The van der Waals surface area contributed by atoms with E-state index in [4.69, 9.17) is 5.73 Å². The van der Waals surface area contributed by atoms with Gasteiger partial charge in [0, 0.05) is 19.2 Å². The number of aromatic amines is 1. The number of ketones is 1. The van der Waals surface area contributed by atoms with Crippen LogP contribution in [-0.4, -0.2) is 35.1 Å². The van der Waals surface area contributed by atoms with E-state index in [1.54, 1.807) is 11.9 Å². The molecule has 1 aliphatic rings. The first-order valence-corrected chi connectivity index (χ1v) is 5.14. The summed E-state index contributed by atoms with van der Waals surface area (Å²) in [6.07, 6.45) is 0.244. The van der Waals surface area contributed by atoms with Crippen LogP contribution in [0.3, 0.4) is 0 Å². The molecule has 17 heavy (non-hydrogen) atoms. The maximum absolute atomic E-state index is 11.7. The molecule has 3 N–H and O–H groups in total. The van der Waals surface area contributed by atoms with Crippen molar-refractivity contribution < 1.29 is 4.79 Å². The van der Waals surface area contributed by atoms with E-state index >= 15 is 0 Å². The zero-order valence-corrected chi connectivity index (χ0v) is 9.65. The maximum atomic E-state index is 11.7. The van der Waals surface area contributed by atoms with Crippen molar-refractivity contribution in [3.05, 3.63) is 10.4 Å². The van der Waals surface area contributed by atoms with Crippen LogP contribution in [0.2, 0.25) is 0 Å². The molecule has 7 nitrogen and oxygen atoms in total. The minimum atomic E-state index is -0.389. The average molecular weight is 235 g/mol. The zero-order valence-electron chi connectivity index (χ0n) is 9.65. The highest BCUT2D eigenvalue weighted by Crippen LogP contribution is 2.25. The fourth-order valence-corrected chi connectivity index (χ4v) is 1.76. The first-order valence-electron chi connectivity index (χ1n) is 5.14. The second-order valence-corrected chi connectivity index (χ2v) is 4.04. The van der Waals surface area contributed by atoms with Crippen LogP contribution < -0.4 is 16.2 Å². The molecular weight excluding hydrogens is 222 g/mol. The van der Waals surface area contributed by atoms with Crippen molar-refractivity contribution in [3.63, 3.8) is 0 Å². The van der Waals surface area contributed by atoms with E-state index in [9.17, 15) is 9.59 Å². The minimum Gasteiger partial charge on any atom is -0.369 e. The number of rotatable bonds is 2. The Balaban J connectivity index is 2.51. The Morgan fingerprint density at radius 2 is 2.29 bits per heavy atom. The van der Waals surface area contributed by atoms with Gasteiger partial charge in [-0.3, -0.25) is 14.6 Å². The van der Waals surface area contributed by atoms with Gasteiger partial charge in [0.05, 0.1) is 6.54 Å². The number of anilines is 2. The lowest BCUT2D eigenvalue weighted by Gasteiger charge is -2.24. The van der Waals surface area contributed by atoms with Gasteiger partial charge in [-0.2, -0.15) is 4.98 Å². The lowest BCUT2D eigenvalue weighted by Crippen LogP contribution is -2.32. The van der Waals surface area contributed by atoms with Gasteiger partial charge in [-0.25, -0.2) is 4.99 Å². The SMILES string of the molecule is CC(=O)CC1=Nc2c(nc(N)[nH]c2=O)N(C)C1. The predicted molar refractivity (Wildman–Crippen MR) is 64.9 cm³/mol. The number of aliphatic imine (C=N–C) groups is 1. The lowest BCUT2D eigenvalue weighted by atomic mass is 10.1. The molecule has 0 radical (unpaired) electrons. The third kappa shape index (κ3) is 2.17. The van der Waals surface area contributed by atoms with Crippen molar-refractivity contribution in [3.8, 4) is 0 Å². The van der Waals surface area contributed by atoms with Crippen LogP contribution in [0.25, 0.3) is 0 Å². The number of hydrogen-bond acceptors (Lipinski definition) is 6. The molecule has 0 atom stereocenters. The Labute approximate surface area is 97.4 Å². The summed E-state index contributed by atoms with van der Waals surface area (Å²) in [6.45, 7) is 1.96. The van der Waals surface area contributed by atoms with Gasteiger partial charge >= 0.3 is 0 Å². The molecule has 90 valence electrons. The molecule has 0 unspecified atom stereocenters. The molecule has 0 aliphatic carbocycles. The summed E-state index contributed by atoms with van der Waals surface area (Å²) in [7, 11) is 1.78. The number of carbonyl (C=O) groups is 1. The third-order valence-electron chi connectivity index (χ3n) is 2.40. The van der Waals surface area contributed by atoms with Crippen LogP contribution in [0.5, 0.6) is 0 Å². The molecule has 2 heterocycles. The van der Waals surface area contributed by atoms with Crippen molar-refractivity contribution in [2.24, 2.45) is 4.99 Å². The Hall–Kier alpha value is -2.18. The van der Waals surface area contributed by atoms with Gasteiger partial charge in [0.1, 0.15) is 5.78 Å². The van der Waals surface area contributed by atoms with Crippen LogP contribution in [-0.2, 0) is 4.79 Å². The molecule has 0 fully saturated rings. The van der Waals surface area contributed by atoms with Gasteiger partial charge in [0.15, 0.2) is 11.5 Å². The normalized spacial score (nSPS) is 14.2. The molecule has 7 heteroatoms. The van der Waals surface area contributed by atoms with Crippen LogP contribution >= 0.6 is 0 Å². The lowest BCUT2D eigenvalue weighted by molar-refractivity contribution is -0.115. The number of nitrogen functional groups attached to an aromatic ring is 1. The van der Waals surface area contributed by atoms with E-state index in [1.807, 2.05) is 0 Å². The summed E-state index contributed by atoms with van der Waals surface area (Å²) >= 11 is 0. The number of nitrogens with one attached hydrogen (secondary N) is 1. The molecule has 1 aromatic rings. The molecule has 0 saturated heterocycles. The van der Waals surface area contributed by atoms with E-state index in [1.165, 1.54) is 6.92 Å². The van der Waals surface area contributed by atoms with Gasteiger partial charge in [-0.15, -0.1) is 0 Å². The van der Waals surface area contributed by atoms with Crippen molar-refractivity contribution in [2.45, 2.75) is 13.3 Å². The largest absolute Gasteiger partial charge is 0.369 e. The number of H-pyrrole nitrogens is 1. The molecule has 1 aromatic heterocycles. The standard InChI is InChI=1S/C10H13N5O2/c1-5(16)3-6-4-15(2)8-7(12-6)9(17)14-10(11)13-8/h3-4H2,1-2H3,(H3,11,13,14,17). The number of nitrogens with zero attached hydrogens (tertiary/aromatic N) is 3. The predicted octanol–water partition coefficient (Wildman–Crippen LogP) is -0.147. The highest BCUT2D eigenvalue weighted by molar-refractivity contribution is 6.05. The molecular formula is C10H13N5O2. The van der Waals surface area contributed by atoms with Crippen LogP contribution in [0.1, 0.15) is 13.3 Å². The maximum Gasteiger partial charge on any atom is 0.280 e. The van der Waals surface area contributed by atoms with Crippen molar-refractivity contribution in [2.75, 3.05) is 24.2 Å². The fraction of sp³-hybridized carbons (Fsp3) is 0.400. The molecule has 0 bridgehead atoms. The van der Waals surface area contributed by atoms with Crippen molar-refractivity contribution in [1.82, 2.24) is 9.97 Å². The first kappa shape index (κ1) is 11.3. The number of Topliss-reactive ketones (excluding diaryl/α,β-unsaturated/α-hetero) is 1. The van der Waals surface area contributed by atoms with Gasteiger partial charge in [-0.1, -0.05) is 0 Å². The van der Waals surface area contributed by atoms with Crippen molar-refractivity contribution in [1.29, 1.82) is 0 Å². The van der Waals surface area contributed by atoms with E-state index in [0.717, 1.165) is 0 Å². The van der Waals surface area contributed by atoms with E-state index in [0.29, 0.717) is 18.1 Å². The van der Waals surface area contributed by atoms with E-state index < -0.39 is 0 Å². The van der Waals surface area contributed by atoms with Gasteiger partial charge in [0.25, 0.3) is 5.56 Å². The Kier molecular flexibility index (Phi) is 2.66. The molecule has 0 aromatic carbocycles. The van der Waals surface area contributed by atoms with E-state index in [2.05, 4.69) is 15.0 Å². The van der Waals surface area contributed by atoms with Gasteiger partial charge in [-0.05, 0) is 6.92 Å². The van der Waals surface area contributed by atoms with Crippen LogP contribution in [0.15, 0.2) is 9.79 Å². The van der Waals surface area contributed by atoms with Gasteiger partial charge < -0.3 is 10.6 Å². The molecule has 1 aliphatic heterocycles. The highest BCUT2D eigenvalue weighted by Gasteiger charge is 2.21. The van der Waals surface area contributed by atoms with Crippen LogP contribution in [0, 0.1) is 0 Å². The van der Waals surface area contributed by atoms with Crippen molar-refractivity contribution >= 4 is 28.9 Å². The van der Waals surface area contributed by atoms with Crippen LogP contribution in [0.4, 0.5) is 17.5 Å². The molecule has 0 spiro atoms. The quantitative estimate of drug-likeness (QED) is 0.742. The number of nitrogens with two attached hydrogens (primary N) is 1. The summed E-state index contributed by atoms with van der Waals surface area (Å²) in [5.41, 5.74) is 5.94. The Morgan fingerprint density at radius 1 is 1.59 bits per heavy atom. The monoisotopic (exact) mass is 235 g/mol. The smallest absolute Gasteiger partial charge is 0.280 e. The molecule has 2 rings (SSSR count). The summed E-state index contributed by atoms with van der Waals surface area (Å²) in [4.78, 5) is 35.1. The van der Waals surface area contributed by atoms with Gasteiger partial charge in [0.2, 0.25) is 5.95 Å².